The van der Waals surface area contributed by atoms with Crippen LogP contribution in [-0.4, -0.2) is 46.8 Å². The number of nitrogens with two attached hydrogens (primary N) is 2. The van der Waals surface area contributed by atoms with Gasteiger partial charge in [0, 0.05) is 29.9 Å². The lowest BCUT2D eigenvalue weighted by atomic mass is 10.00. The first-order valence-corrected chi connectivity index (χ1v) is 13.9. The van der Waals surface area contributed by atoms with E-state index in [-0.39, 0.29) is 16.3 Å². The fourth-order valence-electron chi connectivity index (χ4n) is 4.57. The summed E-state index contributed by atoms with van der Waals surface area (Å²) in [7, 11) is 0. The highest BCUT2D eigenvalue weighted by Gasteiger charge is 2.36. The van der Waals surface area contributed by atoms with E-state index < -0.39 is 23.8 Å². The van der Waals surface area contributed by atoms with E-state index in [9.17, 15) is 14.4 Å². The van der Waals surface area contributed by atoms with Gasteiger partial charge >= 0.3 is 0 Å². The van der Waals surface area contributed by atoms with Crippen molar-refractivity contribution in [2.45, 2.75) is 26.3 Å². The number of anilines is 2. The summed E-state index contributed by atoms with van der Waals surface area (Å²) < 4.78 is 15.5. The first-order valence-electron chi connectivity index (χ1n) is 13.1. The summed E-state index contributed by atoms with van der Waals surface area (Å²) in [6.45, 7) is 5.28. The second kappa shape index (κ2) is 11.8. The third kappa shape index (κ3) is 5.78. The number of amides is 3. The molecule has 0 unspecified atom stereocenters. The van der Waals surface area contributed by atoms with Gasteiger partial charge in [0.15, 0.2) is 17.2 Å². The fourth-order valence-corrected chi connectivity index (χ4v) is 5.31. The molecule has 4 aromatic rings. The number of fused-ring (bicyclic) bond motifs is 2. The molecule has 3 heterocycles. The second-order valence-corrected chi connectivity index (χ2v) is 10.7. The summed E-state index contributed by atoms with van der Waals surface area (Å²) in [5, 5.41) is 3.79. The van der Waals surface area contributed by atoms with Crippen molar-refractivity contribution in [2.24, 2.45) is 11.7 Å². The van der Waals surface area contributed by atoms with Crippen LogP contribution in [0.15, 0.2) is 54.7 Å². The molecule has 5 N–H and O–H groups in total. The summed E-state index contributed by atoms with van der Waals surface area (Å²) in [4.78, 5) is 45.9. The van der Waals surface area contributed by atoms with E-state index in [2.05, 4.69) is 28.5 Å². The Morgan fingerprint density at radius 3 is 2.59 bits per heavy atom. The maximum Gasteiger partial charge on any atom is 0.273 e. The maximum atomic E-state index is 14.3. The number of nitrogen functional groups attached to an aromatic ring is 1. The molecule has 11 nitrogen and oxygen atoms in total. The number of nitrogens with one attached hydrogen (secondary N) is 1. The average molecular weight is 575 g/mol. The summed E-state index contributed by atoms with van der Waals surface area (Å²) in [6.07, 6.45) is 2.44. The van der Waals surface area contributed by atoms with Crippen LogP contribution in [0.3, 0.4) is 0 Å². The lowest BCUT2D eigenvalue weighted by Crippen LogP contribution is -2.44. The molecule has 0 fully saturated rings. The van der Waals surface area contributed by atoms with E-state index in [1.165, 1.54) is 4.90 Å². The molecular weight excluding hydrogens is 544 g/mol. The van der Waals surface area contributed by atoms with Crippen LogP contribution in [0.25, 0.3) is 10.9 Å². The maximum absolute atomic E-state index is 14.3. The zero-order valence-corrected chi connectivity index (χ0v) is 23.4. The number of hydrogen-bond donors (Lipinski definition) is 3. The molecule has 0 spiro atoms. The van der Waals surface area contributed by atoms with Crippen LogP contribution in [0, 0.1) is 5.92 Å². The normalized spacial score (nSPS) is 13.1. The average Bonchev–Trinajstić information content (AvgIpc) is 3.36. The van der Waals surface area contributed by atoms with Crippen LogP contribution < -0.4 is 31.2 Å². The molecule has 12 heteroatoms. The zero-order valence-electron chi connectivity index (χ0n) is 22.6. The summed E-state index contributed by atoms with van der Waals surface area (Å²) in [5.74, 6) is -0.553. The number of benzene rings is 2. The standard InChI is InChI=1S/C29H30N6O5S/c1-16(2)9-11-33-28(37)25(18-5-7-20-17(14-18)4-3-10-32-20)35(19-6-8-21-22(15-19)40-13-12-39-21)29(38)26-23(30)24(27(31)36)34-41-26/h3-8,10,14-16,25H,9,11-13,30H2,1-2H3,(H2,31,36)(H,33,37)/t25-/m1/s1. The van der Waals surface area contributed by atoms with E-state index in [0.29, 0.717) is 48.4 Å². The van der Waals surface area contributed by atoms with E-state index in [1.54, 1.807) is 42.6 Å². The van der Waals surface area contributed by atoms with Gasteiger partial charge in [0.1, 0.15) is 24.1 Å². The second-order valence-electron chi connectivity index (χ2n) is 9.97. The lowest BCUT2D eigenvalue weighted by Gasteiger charge is -2.32. The van der Waals surface area contributed by atoms with Crippen LogP contribution in [0.2, 0.25) is 0 Å². The molecule has 2 aromatic carbocycles. The molecule has 0 bridgehead atoms. The van der Waals surface area contributed by atoms with Crippen molar-refractivity contribution >= 4 is 51.5 Å². The Morgan fingerprint density at radius 2 is 1.85 bits per heavy atom. The molecular formula is C29H30N6O5S. The van der Waals surface area contributed by atoms with Crippen LogP contribution in [0.4, 0.5) is 11.4 Å². The number of pyridine rings is 1. The largest absolute Gasteiger partial charge is 0.486 e. The monoisotopic (exact) mass is 574 g/mol. The molecule has 0 aliphatic carbocycles. The number of rotatable bonds is 9. The summed E-state index contributed by atoms with van der Waals surface area (Å²) in [6, 6.07) is 13.0. The van der Waals surface area contributed by atoms with Crippen LogP contribution >= 0.6 is 11.5 Å². The SMILES string of the molecule is CC(C)CCNC(=O)[C@@H](c1ccc2ncccc2c1)N(C(=O)c1snc(C(N)=O)c1N)c1ccc2c(c1)OCCO2. The van der Waals surface area contributed by atoms with Gasteiger partial charge in [0.2, 0.25) is 5.91 Å². The highest BCUT2D eigenvalue weighted by atomic mass is 32.1. The minimum Gasteiger partial charge on any atom is -0.486 e. The summed E-state index contributed by atoms with van der Waals surface area (Å²) >= 11 is 0.748. The molecule has 212 valence electrons. The van der Waals surface area contributed by atoms with Gasteiger partial charge in [0.25, 0.3) is 11.8 Å². The molecule has 3 amide bonds. The van der Waals surface area contributed by atoms with Gasteiger partial charge < -0.3 is 26.3 Å². The Balaban J connectivity index is 1.67. The quantitative estimate of drug-likeness (QED) is 0.273. The van der Waals surface area contributed by atoms with Crippen molar-refractivity contribution in [1.29, 1.82) is 0 Å². The van der Waals surface area contributed by atoms with Crippen molar-refractivity contribution in [2.75, 3.05) is 30.4 Å². The molecule has 5 rings (SSSR count). The molecule has 1 aliphatic heterocycles. The van der Waals surface area contributed by atoms with Gasteiger partial charge in [-0.15, -0.1) is 0 Å². The Kier molecular flexibility index (Phi) is 8.02. The highest BCUT2D eigenvalue weighted by molar-refractivity contribution is 7.09. The number of aromatic nitrogens is 2. The number of ether oxygens (including phenoxy) is 2. The van der Waals surface area contributed by atoms with Crippen LogP contribution in [0.5, 0.6) is 11.5 Å². The van der Waals surface area contributed by atoms with Crippen molar-refractivity contribution < 1.29 is 23.9 Å². The highest BCUT2D eigenvalue weighted by Crippen LogP contribution is 2.39. The van der Waals surface area contributed by atoms with Crippen molar-refractivity contribution in [1.82, 2.24) is 14.7 Å². The molecule has 0 saturated heterocycles. The van der Waals surface area contributed by atoms with Gasteiger partial charge in [0.05, 0.1) is 11.2 Å². The first-order chi connectivity index (χ1) is 19.7. The van der Waals surface area contributed by atoms with Gasteiger partial charge in [-0.05, 0) is 59.8 Å². The van der Waals surface area contributed by atoms with Gasteiger partial charge in [-0.3, -0.25) is 24.3 Å². The van der Waals surface area contributed by atoms with Crippen LogP contribution in [-0.2, 0) is 4.79 Å². The van der Waals surface area contributed by atoms with Gasteiger partial charge in [-0.1, -0.05) is 26.0 Å². The van der Waals surface area contributed by atoms with Crippen LogP contribution in [0.1, 0.15) is 52.0 Å². The minimum atomic E-state index is -1.12. The molecule has 41 heavy (non-hydrogen) atoms. The number of nitrogens with zero attached hydrogens (tertiary/aromatic N) is 3. The lowest BCUT2D eigenvalue weighted by molar-refractivity contribution is -0.122. The Bertz CT molecular complexity index is 1620. The van der Waals surface area contributed by atoms with Crippen molar-refractivity contribution in [3.63, 3.8) is 0 Å². The Morgan fingerprint density at radius 1 is 1.07 bits per heavy atom. The number of carbonyl (C=O) groups excluding carboxylic acids is 3. The Hall–Kier alpha value is -4.71. The third-order valence-electron chi connectivity index (χ3n) is 6.65. The predicted molar refractivity (Wildman–Crippen MR) is 156 cm³/mol. The minimum absolute atomic E-state index is 0.0175. The van der Waals surface area contributed by atoms with Gasteiger partial charge in [-0.2, -0.15) is 4.37 Å². The van der Waals surface area contributed by atoms with Crippen molar-refractivity contribution in [3.05, 3.63) is 70.9 Å². The van der Waals surface area contributed by atoms with E-state index >= 15 is 0 Å². The molecule has 2 aromatic heterocycles. The molecule has 1 atom stereocenters. The third-order valence-corrected chi connectivity index (χ3v) is 7.50. The number of carbonyl (C=O) groups is 3. The fraction of sp³-hybridized carbons (Fsp3) is 0.276. The summed E-state index contributed by atoms with van der Waals surface area (Å²) in [5.41, 5.74) is 12.9. The predicted octanol–water partition coefficient (Wildman–Crippen LogP) is 3.69. The van der Waals surface area contributed by atoms with E-state index in [1.807, 2.05) is 12.1 Å². The topological polar surface area (TPSA) is 163 Å². The molecule has 1 aliphatic rings. The van der Waals surface area contributed by atoms with E-state index in [4.69, 9.17) is 20.9 Å². The van der Waals surface area contributed by atoms with E-state index in [0.717, 1.165) is 28.9 Å². The van der Waals surface area contributed by atoms with Gasteiger partial charge in [-0.25, -0.2) is 0 Å². The molecule has 0 saturated carbocycles. The number of hydrogen-bond acceptors (Lipinski definition) is 9. The molecule has 0 radical (unpaired) electrons. The Labute approximate surface area is 240 Å². The van der Waals surface area contributed by atoms with Crippen molar-refractivity contribution in [3.8, 4) is 11.5 Å². The number of primary amides is 1. The first kappa shape index (κ1) is 27.8. The zero-order chi connectivity index (χ0) is 29.1. The smallest absolute Gasteiger partial charge is 0.273 e.